The van der Waals surface area contributed by atoms with E-state index in [0.29, 0.717) is 0 Å². The van der Waals surface area contributed by atoms with Crippen LogP contribution in [-0.4, -0.2) is 29.1 Å². The third-order valence-electron chi connectivity index (χ3n) is 5.42. The molecule has 0 N–H and O–H groups in total. The highest BCUT2D eigenvalue weighted by Gasteiger charge is 2.21. The predicted molar refractivity (Wildman–Crippen MR) is 102 cm³/mol. The van der Waals surface area contributed by atoms with Crippen molar-refractivity contribution in [3.05, 3.63) is 70.9 Å². The summed E-state index contributed by atoms with van der Waals surface area (Å²) in [6.07, 6.45) is 2.33. The van der Waals surface area contributed by atoms with Crippen LogP contribution in [0, 0.1) is 6.92 Å². The van der Waals surface area contributed by atoms with Gasteiger partial charge >= 0.3 is 0 Å². The molecule has 0 unspecified atom stereocenters. The van der Waals surface area contributed by atoms with E-state index in [1.165, 1.54) is 41.5 Å². The smallest absolute Gasteiger partial charge is 0.0488 e. The van der Waals surface area contributed by atoms with Crippen LogP contribution < -0.4 is 0 Å². The number of fused-ring (bicyclic) bond motifs is 3. The average molecular weight is 318 g/mol. The molecule has 2 nitrogen and oxygen atoms in total. The average Bonchev–Trinajstić information content (AvgIpc) is 2.76. The minimum atomic E-state index is 0.974. The van der Waals surface area contributed by atoms with Crippen LogP contribution in [0.4, 0.5) is 0 Å². The Morgan fingerprint density at radius 1 is 0.958 bits per heavy atom. The molecule has 0 amide bonds. The van der Waals surface area contributed by atoms with Crippen molar-refractivity contribution in [1.82, 2.24) is 9.47 Å². The lowest BCUT2D eigenvalue weighted by molar-refractivity contribution is 0.302. The number of aromatic nitrogens is 1. The Morgan fingerprint density at radius 3 is 2.54 bits per heavy atom. The lowest BCUT2D eigenvalue weighted by Crippen LogP contribution is -2.26. The predicted octanol–water partition coefficient (Wildman–Crippen LogP) is 4.42. The maximum Gasteiger partial charge on any atom is 0.0488 e. The van der Waals surface area contributed by atoms with Crippen LogP contribution in [0.5, 0.6) is 0 Å². The highest BCUT2D eigenvalue weighted by Crippen LogP contribution is 2.31. The third-order valence-corrected chi connectivity index (χ3v) is 5.42. The monoisotopic (exact) mass is 318 g/mol. The van der Waals surface area contributed by atoms with E-state index in [1.807, 2.05) is 0 Å². The molecule has 0 bridgehead atoms. The second-order valence-corrected chi connectivity index (χ2v) is 6.95. The lowest BCUT2D eigenvalue weighted by Gasteiger charge is -2.17. The van der Waals surface area contributed by atoms with Crippen molar-refractivity contribution in [3.63, 3.8) is 0 Å². The molecule has 1 aliphatic heterocycles. The molecule has 0 saturated carbocycles. The molecule has 4 rings (SSSR count). The van der Waals surface area contributed by atoms with Crippen molar-refractivity contribution in [2.45, 2.75) is 33.2 Å². The van der Waals surface area contributed by atoms with Gasteiger partial charge in [0.2, 0.25) is 0 Å². The third kappa shape index (κ3) is 2.76. The fraction of sp³-hybridized carbons (Fsp3) is 0.364. The van der Waals surface area contributed by atoms with E-state index >= 15 is 0 Å². The molecule has 2 aromatic carbocycles. The molecule has 2 heteroatoms. The van der Waals surface area contributed by atoms with Crippen LogP contribution in [0.15, 0.2) is 48.5 Å². The van der Waals surface area contributed by atoms with E-state index < -0.39 is 0 Å². The number of rotatable bonds is 3. The summed E-state index contributed by atoms with van der Waals surface area (Å²) in [7, 11) is 0. The quantitative estimate of drug-likeness (QED) is 0.694. The standard InChI is InChI=1S/C22H26N2/c1-3-23-13-11-19-20-15-17(2)9-10-21(20)24(22(19)12-14-23)16-18-7-5-4-6-8-18/h4-10,15H,3,11-14,16H2,1-2H3. The van der Waals surface area contributed by atoms with Crippen LogP contribution >= 0.6 is 0 Å². The van der Waals surface area contributed by atoms with Gasteiger partial charge in [0.15, 0.2) is 0 Å². The summed E-state index contributed by atoms with van der Waals surface area (Å²) >= 11 is 0. The van der Waals surface area contributed by atoms with E-state index in [9.17, 15) is 0 Å². The summed E-state index contributed by atoms with van der Waals surface area (Å²) in [6, 6.07) is 17.8. The van der Waals surface area contributed by atoms with Crippen LogP contribution in [0.2, 0.25) is 0 Å². The number of hydrogen-bond acceptors (Lipinski definition) is 1. The fourth-order valence-corrected chi connectivity index (χ4v) is 4.06. The summed E-state index contributed by atoms with van der Waals surface area (Å²) < 4.78 is 2.57. The van der Waals surface area contributed by atoms with E-state index in [1.54, 1.807) is 11.3 Å². The molecule has 24 heavy (non-hydrogen) atoms. The SMILES string of the molecule is CCN1CCc2c(n(Cc3ccccc3)c3ccc(C)cc23)CC1. The minimum Gasteiger partial charge on any atom is -0.340 e. The highest BCUT2D eigenvalue weighted by molar-refractivity contribution is 5.86. The van der Waals surface area contributed by atoms with Crippen molar-refractivity contribution < 1.29 is 0 Å². The van der Waals surface area contributed by atoms with Gasteiger partial charge in [-0.25, -0.2) is 0 Å². The largest absolute Gasteiger partial charge is 0.340 e. The number of nitrogens with zero attached hydrogens (tertiary/aromatic N) is 2. The molecular formula is C22H26N2. The van der Waals surface area contributed by atoms with Gasteiger partial charge in [-0.3, -0.25) is 0 Å². The molecule has 2 heterocycles. The van der Waals surface area contributed by atoms with Crippen LogP contribution in [0.1, 0.15) is 29.3 Å². The van der Waals surface area contributed by atoms with Gasteiger partial charge in [0.1, 0.15) is 0 Å². The van der Waals surface area contributed by atoms with Gasteiger partial charge in [0.25, 0.3) is 0 Å². The molecule has 0 spiro atoms. The van der Waals surface area contributed by atoms with Gasteiger partial charge in [-0.15, -0.1) is 0 Å². The Bertz CT molecular complexity index is 845. The van der Waals surface area contributed by atoms with Gasteiger partial charge in [0.05, 0.1) is 0 Å². The number of hydrogen-bond donors (Lipinski definition) is 0. The first-order chi connectivity index (χ1) is 11.8. The second-order valence-electron chi connectivity index (χ2n) is 6.95. The second kappa shape index (κ2) is 6.45. The molecule has 3 aromatic rings. The van der Waals surface area contributed by atoms with Gasteiger partial charge in [-0.05, 0) is 43.1 Å². The first-order valence-corrected chi connectivity index (χ1v) is 9.13. The maximum atomic E-state index is 2.58. The van der Waals surface area contributed by atoms with Crippen molar-refractivity contribution in [2.24, 2.45) is 0 Å². The topological polar surface area (TPSA) is 8.17 Å². The molecule has 0 saturated heterocycles. The normalized spacial score (nSPS) is 15.4. The summed E-state index contributed by atoms with van der Waals surface area (Å²) in [4.78, 5) is 2.58. The van der Waals surface area contributed by atoms with Gasteiger partial charge < -0.3 is 9.47 Å². The summed E-state index contributed by atoms with van der Waals surface area (Å²) in [5.74, 6) is 0. The van der Waals surface area contributed by atoms with Crippen molar-refractivity contribution >= 4 is 10.9 Å². The number of likely N-dealkylation sites (N-methyl/N-ethyl adjacent to an activating group) is 1. The zero-order valence-electron chi connectivity index (χ0n) is 14.8. The molecule has 0 aliphatic carbocycles. The minimum absolute atomic E-state index is 0.974. The zero-order valence-corrected chi connectivity index (χ0v) is 14.8. The van der Waals surface area contributed by atoms with Gasteiger partial charge in [-0.1, -0.05) is 48.9 Å². The van der Waals surface area contributed by atoms with Crippen LogP contribution in [0.25, 0.3) is 10.9 Å². The lowest BCUT2D eigenvalue weighted by atomic mass is 10.1. The molecule has 124 valence electrons. The molecule has 1 aliphatic rings. The summed E-state index contributed by atoms with van der Waals surface area (Å²) in [5, 5.41) is 1.47. The van der Waals surface area contributed by atoms with E-state index in [2.05, 4.69) is 71.8 Å². The Labute approximate surface area is 144 Å². The Balaban J connectivity index is 1.84. The molecule has 1 aromatic heterocycles. The van der Waals surface area contributed by atoms with E-state index in [4.69, 9.17) is 0 Å². The number of benzene rings is 2. The summed E-state index contributed by atoms with van der Waals surface area (Å²) in [5.41, 5.74) is 7.28. The van der Waals surface area contributed by atoms with Crippen molar-refractivity contribution in [2.75, 3.05) is 19.6 Å². The van der Waals surface area contributed by atoms with E-state index in [-0.39, 0.29) is 0 Å². The molecule has 0 fully saturated rings. The maximum absolute atomic E-state index is 2.58. The zero-order chi connectivity index (χ0) is 16.5. The molecule has 0 radical (unpaired) electrons. The van der Waals surface area contributed by atoms with E-state index in [0.717, 1.165) is 19.5 Å². The molecule has 0 atom stereocenters. The summed E-state index contributed by atoms with van der Waals surface area (Å²) in [6.45, 7) is 8.96. The van der Waals surface area contributed by atoms with Crippen molar-refractivity contribution in [3.8, 4) is 0 Å². The van der Waals surface area contributed by atoms with Gasteiger partial charge in [-0.2, -0.15) is 0 Å². The fourth-order valence-electron chi connectivity index (χ4n) is 4.06. The first kappa shape index (κ1) is 15.5. The van der Waals surface area contributed by atoms with Crippen LogP contribution in [-0.2, 0) is 19.4 Å². The van der Waals surface area contributed by atoms with Crippen molar-refractivity contribution in [1.29, 1.82) is 0 Å². The first-order valence-electron chi connectivity index (χ1n) is 9.13. The highest BCUT2D eigenvalue weighted by atomic mass is 15.1. The Hall–Kier alpha value is -2.06. The Kier molecular flexibility index (Phi) is 4.15. The molecular weight excluding hydrogens is 292 g/mol. The van der Waals surface area contributed by atoms with Gasteiger partial charge in [0, 0.05) is 42.7 Å². The number of aryl methyl sites for hydroxylation is 1. The van der Waals surface area contributed by atoms with Crippen LogP contribution in [0.3, 0.4) is 0 Å². The Morgan fingerprint density at radius 2 is 1.75 bits per heavy atom.